The first-order valence-electron chi connectivity index (χ1n) is 6.77. The molecule has 0 spiro atoms. The molecule has 0 fully saturated rings. The van der Waals surface area contributed by atoms with E-state index in [1.807, 2.05) is 17.8 Å². The van der Waals surface area contributed by atoms with Crippen molar-refractivity contribution in [2.24, 2.45) is 7.05 Å². The molecule has 98 valence electrons. The standard InChI is InChI=1S/C17H15N3/c1-19-12-15-14-9-5-6-10-16(14)20(17(15)18-19)11-13-7-3-2-4-8-13/h2-10,12H,11H2,1H3. The van der Waals surface area contributed by atoms with Gasteiger partial charge in [0.2, 0.25) is 0 Å². The van der Waals surface area contributed by atoms with E-state index in [9.17, 15) is 0 Å². The van der Waals surface area contributed by atoms with Crippen molar-refractivity contribution in [3.05, 3.63) is 66.4 Å². The maximum absolute atomic E-state index is 4.63. The lowest BCUT2D eigenvalue weighted by Gasteiger charge is -2.06. The van der Waals surface area contributed by atoms with Crippen molar-refractivity contribution >= 4 is 21.9 Å². The van der Waals surface area contributed by atoms with Gasteiger partial charge in [-0.05, 0) is 11.6 Å². The Labute approximate surface area is 117 Å². The molecule has 0 bridgehead atoms. The highest BCUT2D eigenvalue weighted by Crippen LogP contribution is 2.28. The van der Waals surface area contributed by atoms with Gasteiger partial charge in [0.05, 0.1) is 5.52 Å². The molecule has 0 saturated carbocycles. The normalized spacial score (nSPS) is 11.4. The number of hydrogen-bond donors (Lipinski definition) is 0. The highest BCUT2D eigenvalue weighted by atomic mass is 15.3. The smallest absolute Gasteiger partial charge is 0.163 e. The fourth-order valence-corrected chi connectivity index (χ4v) is 2.84. The quantitative estimate of drug-likeness (QED) is 0.541. The van der Waals surface area contributed by atoms with Crippen molar-refractivity contribution in [3.8, 4) is 0 Å². The lowest BCUT2D eigenvalue weighted by atomic mass is 10.2. The second-order valence-corrected chi connectivity index (χ2v) is 5.13. The van der Waals surface area contributed by atoms with Crippen molar-refractivity contribution < 1.29 is 0 Å². The molecule has 2 aromatic carbocycles. The summed E-state index contributed by atoms with van der Waals surface area (Å²) >= 11 is 0. The van der Waals surface area contributed by atoms with E-state index < -0.39 is 0 Å². The monoisotopic (exact) mass is 261 g/mol. The van der Waals surface area contributed by atoms with E-state index in [2.05, 4.69) is 64.4 Å². The average molecular weight is 261 g/mol. The third-order valence-electron chi connectivity index (χ3n) is 3.73. The summed E-state index contributed by atoms with van der Waals surface area (Å²) in [6.07, 6.45) is 2.10. The van der Waals surface area contributed by atoms with Crippen LogP contribution in [-0.2, 0) is 13.6 Å². The van der Waals surface area contributed by atoms with Gasteiger partial charge in [-0.3, -0.25) is 4.68 Å². The van der Waals surface area contributed by atoms with Gasteiger partial charge in [-0.25, -0.2) is 0 Å². The molecule has 20 heavy (non-hydrogen) atoms. The fraction of sp³-hybridized carbons (Fsp3) is 0.118. The van der Waals surface area contributed by atoms with E-state index in [0.29, 0.717) is 0 Å². The minimum atomic E-state index is 0.849. The fourth-order valence-electron chi connectivity index (χ4n) is 2.84. The molecule has 0 radical (unpaired) electrons. The van der Waals surface area contributed by atoms with E-state index in [1.165, 1.54) is 21.9 Å². The average Bonchev–Trinajstić information content (AvgIpc) is 2.98. The summed E-state index contributed by atoms with van der Waals surface area (Å²) < 4.78 is 4.18. The molecule has 0 aliphatic rings. The molecule has 0 amide bonds. The van der Waals surface area contributed by atoms with E-state index in [0.717, 1.165) is 12.2 Å². The zero-order valence-corrected chi connectivity index (χ0v) is 11.3. The Morgan fingerprint density at radius 2 is 1.65 bits per heavy atom. The lowest BCUT2D eigenvalue weighted by Crippen LogP contribution is -2.00. The molecule has 2 heterocycles. The highest BCUT2D eigenvalue weighted by Gasteiger charge is 2.13. The van der Waals surface area contributed by atoms with E-state index in [4.69, 9.17) is 0 Å². The molecule has 2 aromatic heterocycles. The van der Waals surface area contributed by atoms with E-state index in [1.54, 1.807) is 0 Å². The minimum Gasteiger partial charge on any atom is -0.319 e. The molecule has 0 aliphatic heterocycles. The second kappa shape index (κ2) is 4.23. The molecule has 0 saturated heterocycles. The Bertz CT molecular complexity index is 885. The van der Waals surface area contributed by atoms with Crippen LogP contribution in [0.1, 0.15) is 5.56 Å². The summed E-state index contributed by atoms with van der Waals surface area (Å²) in [6, 6.07) is 19.0. The van der Waals surface area contributed by atoms with Gasteiger partial charge < -0.3 is 4.57 Å². The number of rotatable bonds is 2. The number of para-hydroxylation sites is 1. The van der Waals surface area contributed by atoms with Crippen LogP contribution in [0, 0.1) is 0 Å². The summed E-state index contributed by atoms with van der Waals surface area (Å²) in [7, 11) is 1.97. The van der Waals surface area contributed by atoms with Gasteiger partial charge in [-0.15, -0.1) is 0 Å². The number of aromatic nitrogens is 3. The number of nitrogens with zero attached hydrogens (tertiary/aromatic N) is 3. The Balaban J connectivity index is 1.99. The van der Waals surface area contributed by atoms with Gasteiger partial charge in [0.25, 0.3) is 0 Å². The number of aryl methyl sites for hydroxylation is 1. The third-order valence-corrected chi connectivity index (χ3v) is 3.73. The van der Waals surface area contributed by atoms with Crippen LogP contribution in [0.2, 0.25) is 0 Å². The Kier molecular flexibility index (Phi) is 2.39. The SMILES string of the molecule is Cn1cc2c3ccccc3n(Cc3ccccc3)c2n1. The van der Waals surface area contributed by atoms with Crippen LogP contribution in [0.5, 0.6) is 0 Å². The topological polar surface area (TPSA) is 22.8 Å². The van der Waals surface area contributed by atoms with Gasteiger partial charge in [0, 0.05) is 30.6 Å². The molecule has 4 rings (SSSR count). The van der Waals surface area contributed by atoms with Crippen LogP contribution in [0.25, 0.3) is 21.9 Å². The maximum Gasteiger partial charge on any atom is 0.163 e. The summed E-state index contributed by atoms with van der Waals surface area (Å²) in [4.78, 5) is 0. The molecule has 0 unspecified atom stereocenters. The van der Waals surface area contributed by atoms with Gasteiger partial charge in [0.1, 0.15) is 0 Å². The summed E-state index contributed by atoms with van der Waals surface area (Å²) in [5.74, 6) is 0. The van der Waals surface area contributed by atoms with Crippen molar-refractivity contribution in [2.45, 2.75) is 6.54 Å². The van der Waals surface area contributed by atoms with Gasteiger partial charge in [0.15, 0.2) is 5.65 Å². The predicted molar refractivity (Wildman–Crippen MR) is 81.8 cm³/mol. The second-order valence-electron chi connectivity index (χ2n) is 5.13. The van der Waals surface area contributed by atoms with Crippen molar-refractivity contribution in [1.29, 1.82) is 0 Å². The third kappa shape index (κ3) is 1.63. The predicted octanol–water partition coefficient (Wildman–Crippen LogP) is 3.58. The maximum atomic E-state index is 4.63. The van der Waals surface area contributed by atoms with Crippen molar-refractivity contribution in [1.82, 2.24) is 14.3 Å². The first kappa shape index (κ1) is 11.3. The largest absolute Gasteiger partial charge is 0.319 e. The first-order valence-corrected chi connectivity index (χ1v) is 6.77. The van der Waals surface area contributed by atoms with Crippen LogP contribution >= 0.6 is 0 Å². The van der Waals surface area contributed by atoms with Crippen LogP contribution in [0.4, 0.5) is 0 Å². The van der Waals surface area contributed by atoms with Gasteiger partial charge in [-0.1, -0.05) is 48.5 Å². The van der Waals surface area contributed by atoms with Crippen molar-refractivity contribution in [3.63, 3.8) is 0 Å². The van der Waals surface area contributed by atoms with Gasteiger partial charge >= 0.3 is 0 Å². The zero-order chi connectivity index (χ0) is 13.5. The molecule has 4 aromatic rings. The van der Waals surface area contributed by atoms with Crippen molar-refractivity contribution in [2.75, 3.05) is 0 Å². The summed E-state index contributed by atoms with van der Waals surface area (Å²) in [5, 5.41) is 7.12. The molecule has 0 aliphatic carbocycles. The molecule has 3 heteroatoms. The Morgan fingerprint density at radius 3 is 2.50 bits per heavy atom. The summed E-state index contributed by atoms with van der Waals surface area (Å²) in [5.41, 5.74) is 3.59. The molecule has 3 nitrogen and oxygen atoms in total. The molecule has 0 atom stereocenters. The Morgan fingerprint density at radius 1 is 0.900 bits per heavy atom. The molecule has 0 N–H and O–H groups in total. The van der Waals surface area contributed by atoms with Crippen LogP contribution < -0.4 is 0 Å². The van der Waals surface area contributed by atoms with E-state index >= 15 is 0 Å². The van der Waals surface area contributed by atoms with Gasteiger partial charge in [-0.2, -0.15) is 5.10 Å². The number of fused-ring (bicyclic) bond motifs is 3. The number of benzene rings is 2. The minimum absolute atomic E-state index is 0.849. The van der Waals surface area contributed by atoms with Crippen LogP contribution in [-0.4, -0.2) is 14.3 Å². The molecular formula is C17H15N3. The molecular weight excluding hydrogens is 246 g/mol. The van der Waals surface area contributed by atoms with E-state index in [-0.39, 0.29) is 0 Å². The first-order chi connectivity index (χ1) is 9.83. The van der Waals surface area contributed by atoms with Crippen LogP contribution in [0.3, 0.4) is 0 Å². The highest BCUT2D eigenvalue weighted by molar-refractivity contribution is 6.06. The Hall–Kier alpha value is -2.55. The zero-order valence-electron chi connectivity index (χ0n) is 11.3. The number of hydrogen-bond acceptors (Lipinski definition) is 1. The summed E-state index contributed by atoms with van der Waals surface area (Å²) in [6.45, 7) is 0.849. The van der Waals surface area contributed by atoms with Crippen LogP contribution in [0.15, 0.2) is 60.8 Å². The lowest BCUT2D eigenvalue weighted by molar-refractivity contribution is 0.754.